The van der Waals surface area contributed by atoms with Crippen molar-refractivity contribution in [2.24, 2.45) is 5.92 Å². The molecule has 0 aliphatic heterocycles. The predicted octanol–water partition coefficient (Wildman–Crippen LogP) is 3.40. The van der Waals surface area contributed by atoms with Crippen LogP contribution in [0.2, 0.25) is 0 Å². The summed E-state index contributed by atoms with van der Waals surface area (Å²) < 4.78 is 5.06. The van der Waals surface area contributed by atoms with Gasteiger partial charge in [0.15, 0.2) is 5.41 Å². The summed E-state index contributed by atoms with van der Waals surface area (Å²) in [6.45, 7) is 6.01. The second-order valence-electron chi connectivity index (χ2n) is 5.58. The summed E-state index contributed by atoms with van der Waals surface area (Å²) in [4.78, 5) is 24.3. The monoisotopic (exact) mass is 292 g/mol. The van der Waals surface area contributed by atoms with Crippen molar-refractivity contribution in [3.05, 3.63) is 35.9 Å². The molecule has 0 saturated carbocycles. The van der Waals surface area contributed by atoms with Crippen molar-refractivity contribution in [1.82, 2.24) is 0 Å². The maximum atomic E-state index is 12.4. The topological polar surface area (TPSA) is 63.6 Å². The molecule has 0 aliphatic carbocycles. The lowest BCUT2D eigenvalue weighted by atomic mass is 9.76. The molecule has 4 nitrogen and oxygen atoms in total. The summed E-state index contributed by atoms with van der Waals surface area (Å²) in [5.41, 5.74) is -1.12. The second kappa shape index (κ2) is 7.81. The molecule has 21 heavy (non-hydrogen) atoms. The van der Waals surface area contributed by atoms with Gasteiger partial charge < -0.3 is 9.84 Å². The Morgan fingerprint density at radius 2 is 1.86 bits per heavy atom. The van der Waals surface area contributed by atoms with E-state index in [0.717, 1.165) is 6.42 Å². The summed E-state index contributed by atoms with van der Waals surface area (Å²) >= 11 is 0. The highest BCUT2D eigenvalue weighted by Crippen LogP contribution is 2.33. The first kappa shape index (κ1) is 17.2. The molecule has 1 rings (SSSR count). The first-order valence-electron chi connectivity index (χ1n) is 7.41. The van der Waals surface area contributed by atoms with E-state index >= 15 is 0 Å². The normalized spacial score (nSPS) is 13.7. The van der Waals surface area contributed by atoms with Gasteiger partial charge in [0.05, 0.1) is 6.61 Å². The van der Waals surface area contributed by atoms with E-state index in [1.807, 2.05) is 0 Å². The molecule has 0 fully saturated rings. The van der Waals surface area contributed by atoms with Gasteiger partial charge in [-0.05, 0) is 24.8 Å². The average molecular weight is 292 g/mol. The van der Waals surface area contributed by atoms with Crippen LogP contribution in [0.15, 0.2) is 30.3 Å². The second-order valence-corrected chi connectivity index (χ2v) is 5.58. The molecule has 0 heterocycles. The van der Waals surface area contributed by atoms with Crippen LogP contribution < -0.4 is 0 Å². The fraction of sp³-hybridized carbons (Fsp3) is 0.529. The molecule has 4 heteroatoms. The number of ether oxygens (including phenoxy) is 1. The third-order valence-corrected chi connectivity index (χ3v) is 3.59. The number of carboxylic acids is 1. The first-order valence-corrected chi connectivity index (χ1v) is 7.41. The van der Waals surface area contributed by atoms with Crippen molar-refractivity contribution in [1.29, 1.82) is 0 Å². The summed E-state index contributed by atoms with van der Waals surface area (Å²) in [6.07, 6.45) is 1.79. The molecular formula is C17H24O4. The van der Waals surface area contributed by atoms with Crippen LogP contribution in [-0.4, -0.2) is 23.7 Å². The van der Waals surface area contributed by atoms with Gasteiger partial charge in [-0.1, -0.05) is 57.0 Å². The predicted molar refractivity (Wildman–Crippen MR) is 81.1 cm³/mol. The standard InChI is InChI=1S/C17H24O4/c1-4-21-16(20)17(15(18)19,12-8-9-13(2)3)14-10-6-5-7-11-14/h5-7,10-11,13H,4,8-9,12H2,1-3H3,(H,18,19). The summed E-state index contributed by atoms with van der Waals surface area (Å²) in [5, 5.41) is 9.74. The zero-order valence-electron chi connectivity index (χ0n) is 13.0. The van der Waals surface area contributed by atoms with Crippen molar-refractivity contribution in [3.8, 4) is 0 Å². The molecule has 0 amide bonds. The van der Waals surface area contributed by atoms with Crippen molar-refractivity contribution in [2.45, 2.75) is 45.4 Å². The molecule has 1 N–H and O–H groups in total. The van der Waals surface area contributed by atoms with Crippen LogP contribution >= 0.6 is 0 Å². The number of carbonyl (C=O) groups excluding carboxylic acids is 1. The molecule has 116 valence electrons. The maximum absolute atomic E-state index is 12.4. The number of benzene rings is 1. The van der Waals surface area contributed by atoms with Gasteiger partial charge in [-0.2, -0.15) is 0 Å². The number of aliphatic carboxylic acids is 1. The third kappa shape index (κ3) is 4.06. The minimum atomic E-state index is -1.60. The number of esters is 1. The van der Waals surface area contributed by atoms with Gasteiger partial charge in [0.25, 0.3) is 0 Å². The molecular weight excluding hydrogens is 268 g/mol. The number of carbonyl (C=O) groups is 2. The Balaban J connectivity index is 3.17. The van der Waals surface area contributed by atoms with Gasteiger partial charge in [-0.15, -0.1) is 0 Å². The highest BCUT2D eigenvalue weighted by Gasteiger charge is 2.48. The van der Waals surface area contributed by atoms with E-state index in [-0.39, 0.29) is 13.0 Å². The molecule has 0 bridgehead atoms. The van der Waals surface area contributed by atoms with E-state index in [9.17, 15) is 14.7 Å². The van der Waals surface area contributed by atoms with Crippen LogP contribution in [0.5, 0.6) is 0 Å². The Kier molecular flexibility index (Phi) is 6.40. The molecule has 1 aromatic rings. The van der Waals surface area contributed by atoms with Gasteiger partial charge >= 0.3 is 11.9 Å². The summed E-state index contributed by atoms with van der Waals surface area (Å²) in [7, 11) is 0. The SMILES string of the molecule is CCOC(=O)C(CCCC(C)C)(C(=O)O)c1ccccc1. The summed E-state index contributed by atoms with van der Waals surface area (Å²) in [5.74, 6) is -1.35. The first-order chi connectivity index (χ1) is 9.95. The van der Waals surface area contributed by atoms with Gasteiger partial charge in [0.2, 0.25) is 0 Å². The fourth-order valence-corrected chi connectivity index (χ4v) is 2.43. The third-order valence-electron chi connectivity index (χ3n) is 3.59. The Bertz CT molecular complexity index is 467. The van der Waals surface area contributed by atoms with Crippen molar-refractivity contribution >= 4 is 11.9 Å². The van der Waals surface area contributed by atoms with Gasteiger partial charge in [0.1, 0.15) is 0 Å². The van der Waals surface area contributed by atoms with E-state index in [1.165, 1.54) is 0 Å². The lowest BCUT2D eigenvalue weighted by molar-refractivity contribution is -0.162. The highest BCUT2D eigenvalue weighted by atomic mass is 16.5. The maximum Gasteiger partial charge on any atom is 0.328 e. The quantitative estimate of drug-likeness (QED) is 0.589. The van der Waals surface area contributed by atoms with Crippen LogP contribution in [0.3, 0.4) is 0 Å². The van der Waals surface area contributed by atoms with Crippen LogP contribution in [0.25, 0.3) is 0 Å². The number of rotatable bonds is 8. The molecule has 1 aromatic carbocycles. The summed E-state index contributed by atoms with van der Waals surface area (Å²) in [6, 6.07) is 8.65. The Labute approximate surface area is 126 Å². The van der Waals surface area contributed by atoms with Crippen LogP contribution in [0.1, 0.15) is 45.6 Å². The van der Waals surface area contributed by atoms with Crippen LogP contribution in [0, 0.1) is 5.92 Å². The minimum absolute atomic E-state index is 0.172. The van der Waals surface area contributed by atoms with Crippen LogP contribution in [-0.2, 0) is 19.7 Å². The molecule has 1 atom stereocenters. The fourth-order valence-electron chi connectivity index (χ4n) is 2.43. The molecule has 0 spiro atoms. The average Bonchev–Trinajstić information content (AvgIpc) is 2.44. The molecule has 0 radical (unpaired) electrons. The van der Waals surface area contributed by atoms with Crippen molar-refractivity contribution in [2.75, 3.05) is 6.61 Å². The number of hydrogen-bond donors (Lipinski definition) is 1. The van der Waals surface area contributed by atoms with Crippen molar-refractivity contribution < 1.29 is 19.4 Å². The highest BCUT2D eigenvalue weighted by molar-refractivity contribution is 6.05. The van der Waals surface area contributed by atoms with E-state index < -0.39 is 17.4 Å². The Morgan fingerprint density at radius 3 is 2.33 bits per heavy atom. The lowest BCUT2D eigenvalue weighted by Crippen LogP contribution is -2.45. The Morgan fingerprint density at radius 1 is 1.24 bits per heavy atom. The molecule has 0 aromatic heterocycles. The van der Waals surface area contributed by atoms with E-state index in [4.69, 9.17) is 4.74 Å². The lowest BCUT2D eigenvalue weighted by Gasteiger charge is -2.28. The zero-order valence-corrected chi connectivity index (χ0v) is 13.0. The van der Waals surface area contributed by atoms with Crippen molar-refractivity contribution in [3.63, 3.8) is 0 Å². The minimum Gasteiger partial charge on any atom is -0.480 e. The van der Waals surface area contributed by atoms with Gasteiger partial charge in [-0.25, -0.2) is 0 Å². The smallest absolute Gasteiger partial charge is 0.328 e. The van der Waals surface area contributed by atoms with Gasteiger partial charge in [0, 0.05) is 0 Å². The number of hydrogen-bond acceptors (Lipinski definition) is 3. The molecule has 0 aliphatic rings. The van der Waals surface area contributed by atoms with Crippen LogP contribution in [0.4, 0.5) is 0 Å². The van der Waals surface area contributed by atoms with E-state index in [0.29, 0.717) is 17.9 Å². The van der Waals surface area contributed by atoms with E-state index in [1.54, 1.807) is 37.3 Å². The largest absolute Gasteiger partial charge is 0.480 e. The Hall–Kier alpha value is -1.84. The van der Waals surface area contributed by atoms with E-state index in [2.05, 4.69) is 13.8 Å². The zero-order chi connectivity index (χ0) is 15.9. The molecule has 1 unspecified atom stereocenters. The van der Waals surface area contributed by atoms with Gasteiger partial charge in [-0.3, -0.25) is 9.59 Å². The number of carboxylic acid groups (broad SMARTS) is 1. The molecule has 0 saturated heterocycles.